The lowest BCUT2D eigenvalue weighted by atomic mass is 10.2. The maximum Gasteiger partial charge on any atom is 0.407 e. The molecule has 7 heteroatoms. The summed E-state index contributed by atoms with van der Waals surface area (Å²) in [5, 5.41) is 1.83. The van der Waals surface area contributed by atoms with Crippen LogP contribution in [0.1, 0.15) is 20.8 Å². The van der Waals surface area contributed by atoms with Crippen LogP contribution in [0.2, 0.25) is 0 Å². The average molecular weight is 306 g/mol. The van der Waals surface area contributed by atoms with Crippen molar-refractivity contribution in [3.63, 3.8) is 0 Å². The fourth-order valence-electron chi connectivity index (χ4n) is 0.778. The summed E-state index contributed by atoms with van der Waals surface area (Å²) < 4.78 is 41.7. The van der Waals surface area contributed by atoms with Gasteiger partial charge in [-0.1, -0.05) is 15.9 Å². The molecule has 0 aromatic heterocycles. The minimum Gasteiger partial charge on any atom is -0.444 e. The number of ether oxygens (including phenoxy) is 1. The summed E-state index contributed by atoms with van der Waals surface area (Å²) in [6.07, 6.45) is -5.18. The van der Waals surface area contributed by atoms with E-state index in [4.69, 9.17) is 4.74 Å². The number of nitrogens with one attached hydrogen (secondary N) is 1. The molecule has 0 rings (SSSR count). The second kappa shape index (κ2) is 5.75. The third-order valence-corrected chi connectivity index (χ3v) is 2.32. The van der Waals surface area contributed by atoms with Crippen LogP contribution in [0.15, 0.2) is 0 Å². The van der Waals surface area contributed by atoms with Crippen molar-refractivity contribution in [3.05, 3.63) is 0 Å². The van der Waals surface area contributed by atoms with E-state index in [1.807, 2.05) is 0 Å². The predicted molar refractivity (Wildman–Crippen MR) is 57.6 cm³/mol. The Kier molecular flexibility index (Phi) is 5.58. The second-order valence-corrected chi connectivity index (χ2v) is 4.92. The Morgan fingerprint density at radius 1 is 1.38 bits per heavy atom. The van der Waals surface area contributed by atoms with Gasteiger partial charge in [0, 0.05) is 11.9 Å². The predicted octanol–water partition coefficient (Wildman–Crippen LogP) is 3.08. The Morgan fingerprint density at radius 3 is 2.19 bits per heavy atom. The van der Waals surface area contributed by atoms with Gasteiger partial charge in [-0.25, -0.2) is 4.79 Å². The van der Waals surface area contributed by atoms with E-state index in [2.05, 4.69) is 21.2 Å². The first-order chi connectivity index (χ1) is 7.06. The van der Waals surface area contributed by atoms with Crippen molar-refractivity contribution in [1.82, 2.24) is 5.32 Å². The maximum absolute atomic E-state index is 12.3. The summed E-state index contributed by atoms with van der Waals surface area (Å²) in [6.45, 7) is 4.42. The first kappa shape index (κ1) is 15.5. The first-order valence-electron chi connectivity index (χ1n) is 4.66. The van der Waals surface area contributed by atoms with Crippen LogP contribution in [0.3, 0.4) is 0 Å². The standard InChI is InChI=1S/C9H15BrF3NO2/c1-8(2,3)16-7(15)14-5-6(4-10)9(11,12)13/h6H,4-5H2,1-3H3,(H,14,15). The van der Waals surface area contributed by atoms with Crippen LogP contribution in [0.5, 0.6) is 0 Å². The molecule has 0 aliphatic rings. The number of carbonyl (C=O) groups excluding carboxylic acids is 1. The molecule has 0 spiro atoms. The third-order valence-electron chi connectivity index (χ3n) is 1.54. The van der Waals surface area contributed by atoms with Gasteiger partial charge in [0.25, 0.3) is 0 Å². The van der Waals surface area contributed by atoms with E-state index in [1.165, 1.54) is 0 Å². The van der Waals surface area contributed by atoms with E-state index in [-0.39, 0.29) is 5.33 Å². The normalized spacial score (nSPS) is 14.4. The zero-order chi connectivity index (χ0) is 13.0. The molecule has 0 fully saturated rings. The summed E-state index contributed by atoms with van der Waals surface area (Å²) in [5.41, 5.74) is -0.716. The molecule has 0 aliphatic carbocycles. The molecule has 96 valence electrons. The van der Waals surface area contributed by atoms with E-state index in [1.54, 1.807) is 20.8 Å². The van der Waals surface area contributed by atoms with Crippen LogP contribution in [0.25, 0.3) is 0 Å². The quantitative estimate of drug-likeness (QED) is 0.814. The monoisotopic (exact) mass is 305 g/mol. The zero-order valence-electron chi connectivity index (χ0n) is 9.32. The first-order valence-corrected chi connectivity index (χ1v) is 5.78. The van der Waals surface area contributed by atoms with Gasteiger partial charge in [0.1, 0.15) is 5.60 Å². The van der Waals surface area contributed by atoms with Gasteiger partial charge in [-0.15, -0.1) is 0 Å². The van der Waals surface area contributed by atoms with Crippen molar-refractivity contribution in [3.8, 4) is 0 Å². The minimum atomic E-state index is -4.33. The van der Waals surface area contributed by atoms with Gasteiger partial charge in [-0.05, 0) is 20.8 Å². The highest BCUT2D eigenvalue weighted by Gasteiger charge is 2.38. The molecule has 0 heterocycles. The van der Waals surface area contributed by atoms with E-state index >= 15 is 0 Å². The van der Waals surface area contributed by atoms with Crippen LogP contribution in [0.4, 0.5) is 18.0 Å². The van der Waals surface area contributed by atoms with Crippen LogP contribution in [-0.4, -0.2) is 29.7 Å². The van der Waals surface area contributed by atoms with Crippen molar-refractivity contribution in [2.24, 2.45) is 5.92 Å². The minimum absolute atomic E-state index is 0.258. The van der Waals surface area contributed by atoms with E-state index < -0.39 is 30.3 Å². The molecular formula is C9H15BrF3NO2. The highest BCUT2D eigenvalue weighted by atomic mass is 79.9. The molecule has 0 radical (unpaired) electrons. The molecule has 1 atom stereocenters. The molecule has 1 N–H and O–H groups in total. The molecule has 0 bridgehead atoms. The summed E-state index contributed by atoms with van der Waals surface area (Å²) in [7, 11) is 0. The number of hydrogen-bond donors (Lipinski definition) is 1. The number of hydrogen-bond acceptors (Lipinski definition) is 2. The third kappa shape index (κ3) is 6.92. The lowest BCUT2D eigenvalue weighted by molar-refractivity contribution is -0.166. The van der Waals surface area contributed by atoms with Crippen LogP contribution >= 0.6 is 15.9 Å². The van der Waals surface area contributed by atoms with Crippen molar-refractivity contribution in [2.75, 3.05) is 11.9 Å². The molecule has 0 aliphatic heterocycles. The van der Waals surface area contributed by atoms with Crippen LogP contribution < -0.4 is 5.32 Å². The van der Waals surface area contributed by atoms with Crippen LogP contribution in [0, 0.1) is 5.92 Å². The van der Waals surface area contributed by atoms with Crippen molar-refractivity contribution < 1.29 is 22.7 Å². The second-order valence-electron chi connectivity index (χ2n) is 4.28. The molecule has 1 unspecified atom stereocenters. The largest absolute Gasteiger partial charge is 0.444 e. The van der Waals surface area contributed by atoms with E-state index in [9.17, 15) is 18.0 Å². The Morgan fingerprint density at radius 2 is 1.88 bits per heavy atom. The molecule has 1 amide bonds. The Bertz CT molecular complexity index is 238. The number of rotatable bonds is 3. The highest BCUT2D eigenvalue weighted by molar-refractivity contribution is 9.09. The Hall–Kier alpha value is -0.460. The van der Waals surface area contributed by atoms with E-state index in [0.717, 1.165) is 0 Å². The summed E-state index contributed by atoms with van der Waals surface area (Å²) in [5.74, 6) is -1.61. The molecule has 0 aromatic rings. The fourth-order valence-corrected chi connectivity index (χ4v) is 1.37. The summed E-state index contributed by atoms with van der Waals surface area (Å²) in [4.78, 5) is 11.1. The molecule has 3 nitrogen and oxygen atoms in total. The SMILES string of the molecule is CC(C)(C)OC(=O)NCC(CBr)C(F)(F)F. The summed E-state index contributed by atoms with van der Waals surface area (Å²) >= 11 is 2.75. The number of alkyl halides is 4. The molecule has 0 saturated heterocycles. The van der Waals surface area contributed by atoms with Crippen LogP contribution in [-0.2, 0) is 4.74 Å². The smallest absolute Gasteiger partial charge is 0.407 e. The van der Waals surface area contributed by atoms with Gasteiger partial charge < -0.3 is 10.1 Å². The lowest BCUT2D eigenvalue weighted by Gasteiger charge is -2.22. The van der Waals surface area contributed by atoms with Gasteiger partial charge in [0.2, 0.25) is 0 Å². The number of alkyl carbamates (subject to hydrolysis) is 1. The Labute approximate surface area is 101 Å². The highest BCUT2D eigenvalue weighted by Crippen LogP contribution is 2.27. The summed E-state index contributed by atoms with van der Waals surface area (Å²) in [6, 6.07) is 0. The molecule has 0 saturated carbocycles. The number of carbonyl (C=O) groups is 1. The van der Waals surface area contributed by atoms with E-state index in [0.29, 0.717) is 0 Å². The van der Waals surface area contributed by atoms with Crippen molar-refractivity contribution in [2.45, 2.75) is 32.5 Å². The zero-order valence-corrected chi connectivity index (χ0v) is 10.9. The van der Waals surface area contributed by atoms with Gasteiger partial charge in [-0.2, -0.15) is 13.2 Å². The van der Waals surface area contributed by atoms with Crippen molar-refractivity contribution >= 4 is 22.0 Å². The van der Waals surface area contributed by atoms with Crippen molar-refractivity contribution in [1.29, 1.82) is 0 Å². The van der Waals surface area contributed by atoms with Gasteiger partial charge in [-0.3, -0.25) is 0 Å². The fraction of sp³-hybridized carbons (Fsp3) is 0.889. The Balaban J connectivity index is 4.09. The lowest BCUT2D eigenvalue weighted by Crippen LogP contribution is -2.40. The molecular weight excluding hydrogens is 291 g/mol. The maximum atomic E-state index is 12.3. The van der Waals surface area contributed by atoms with Gasteiger partial charge in [0.05, 0.1) is 5.92 Å². The topological polar surface area (TPSA) is 38.3 Å². The van der Waals surface area contributed by atoms with Gasteiger partial charge >= 0.3 is 12.3 Å². The molecule has 0 aromatic carbocycles. The number of halogens is 4. The molecule has 16 heavy (non-hydrogen) atoms. The van der Waals surface area contributed by atoms with Gasteiger partial charge in [0.15, 0.2) is 0 Å². The number of amides is 1. The average Bonchev–Trinajstić information content (AvgIpc) is 1.98.